The second-order valence-corrected chi connectivity index (χ2v) is 6.82. The third kappa shape index (κ3) is 4.27. The van der Waals surface area contributed by atoms with Gasteiger partial charge in [-0.05, 0) is 60.6 Å². The maximum atomic E-state index is 12.2. The number of rotatable bonds is 5. The van der Waals surface area contributed by atoms with Gasteiger partial charge in [0, 0.05) is 11.0 Å². The van der Waals surface area contributed by atoms with Gasteiger partial charge in [-0.2, -0.15) is 0 Å². The van der Waals surface area contributed by atoms with Gasteiger partial charge in [0.15, 0.2) is 5.11 Å². The zero-order valence-corrected chi connectivity index (χ0v) is 16.1. The fraction of sp³-hybridized carbons (Fsp3) is 0.158. The molecule has 0 aromatic heterocycles. The number of halogens is 1. The zero-order valence-electron chi connectivity index (χ0n) is 13.7. The minimum Gasteiger partial charge on any atom is -0.489 e. The van der Waals surface area contributed by atoms with E-state index in [1.165, 1.54) is 4.90 Å². The van der Waals surface area contributed by atoms with Crippen LogP contribution in [0.25, 0.3) is 6.08 Å². The van der Waals surface area contributed by atoms with Gasteiger partial charge in [0.25, 0.3) is 5.91 Å². The Kier molecular flexibility index (Phi) is 5.50. The van der Waals surface area contributed by atoms with Crippen LogP contribution in [0.1, 0.15) is 18.1 Å². The van der Waals surface area contributed by atoms with Crippen molar-refractivity contribution in [1.82, 2.24) is 10.2 Å². The molecule has 0 saturated carbocycles. The first-order valence-electron chi connectivity index (χ1n) is 7.88. The van der Waals surface area contributed by atoms with Gasteiger partial charge < -0.3 is 10.1 Å². The average Bonchev–Trinajstić information content (AvgIpc) is 2.88. The Morgan fingerprint density at radius 3 is 2.44 bits per heavy atom. The van der Waals surface area contributed by atoms with E-state index in [0.717, 1.165) is 21.3 Å². The van der Waals surface area contributed by atoms with Crippen molar-refractivity contribution in [3.63, 3.8) is 0 Å². The molecule has 4 nitrogen and oxygen atoms in total. The van der Waals surface area contributed by atoms with Gasteiger partial charge in [0.2, 0.25) is 0 Å². The SMILES string of the molecule is CCN1C(=O)/C(=C\c2ccc(OCc3ccc(Br)cc3)cc2)NC1=S. The lowest BCUT2D eigenvalue weighted by molar-refractivity contribution is -0.122. The average molecular weight is 417 g/mol. The number of nitrogens with one attached hydrogen (secondary N) is 1. The molecule has 25 heavy (non-hydrogen) atoms. The summed E-state index contributed by atoms with van der Waals surface area (Å²) in [4.78, 5) is 13.7. The number of amides is 1. The van der Waals surface area contributed by atoms with Crippen LogP contribution in [0, 0.1) is 0 Å². The monoisotopic (exact) mass is 416 g/mol. The Morgan fingerprint density at radius 1 is 1.16 bits per heavy atom. The molecule has 1 aliphatic rings. The maximum absolute atomic E-state index is 12.2. The number of hydrogen-bond donors (Lipinski definition) is 1. The largest absolute Gasteiger partial charge is 0.489 e. The van der Waals surface area contributed by atoms with Crippen LogP contribution in [0.5, 0.6) is 5.75 Å². The predicted octanol–water partition coefficient (Wildman–Crippen LogP) is 4.11. The van der Waals surface area contributed by atoms with E-state index in [1.807, 2.05) is 55.5 Å². The second kappa shape index (κ2) is 7.80. The number of benzene rings is 2. The van der Waals surface area contributed by atoms with Crippen molar-refractivity contribution in [3.8, 4) is 5.75 Å². The van der Waals surface area contributed by atoms with Crippen molar-refractivity contribution in [2.75, 3.05) is 6.54 Å². The van der Waals surface area contributed by atoms with Crippen LogP contribution in [0.3, 0.4) is 0 Å². The molecular weight excluding hydrogens is 400 g/mol. The van der Waals surface area contributed by atoms with Crippen LogP contribution in [0.4, 0.5) is 0 Å². The Balaban J connectivity index is 1.64. The number of ether oxygens (including phenoxy) is 1. The Hall–Kier alpha value is -2.18. The van der Waals surface area contributed by atoms with Crippen molar-refractivity contribution >= 4 is 45.2 Å². The van der Waals surface area contributed by atoms with E-state index in [-0.39, 0.29) is 5.91 Å². The fourth-order valence-electron chi connectivity index (χ4n) is 2.43. The number of carbonyl (C=O) groups excluding carboxylic acids is 1. The molecule has 6 heteroatoms. The van der Waals surface area contributed by atoms with Gasteiger partial charge in [0.1, 0.15) is 18.1 Å². The molecule has 0 atom stereocenters. The van der Waals surface area contributed by atoms with Crippen molar-refractivity contribution in [1.29, 1.82) is 0 Å². The molecule has 1 heterocycles. The highest BCUT2D eigenvalue weighted by Crippen LogP contribution is 2.19. The molecule has 128 valence electrons. The summed E-state index contributed by atoms with van der Waals surface area (Å²) < 4.78 is 6.83. The summed E-state index contributed by atoms with van der Waals surface area (Å²) in [7, 11) is 0. The molecule has 0 aliphatic carbocycles. The van der Waals surface area contributed by atoms with Crippen molar-refractivity contribution < 1.29 is 9.53 Å². The van der Waals surface area contributed by atoms with Crippen LogP contribution in [-0.2, 0) is 11.4 Å². The molecule has 2 aromatic carbocycles. The molecule has 3 rings (SSSR count). The molecule has 1 N–H and O–H groups in total. The van der Waals surface area contributed by atoms with Crippen molar-refractivity contribution in [3.05, 3.63) is 69.8 Å². The van der Waals surface area contributed by atoms with E-state index in [2.05, 4.69) is 21.2 Å². The first-order chi connectivity index (χ1) is 12.1. The molecular formula is C19H17BrN2O2S. The molecule has 0 spiro atoms. The van der Waals surface area contributed by atoms with E-state index in [0.29, 0.717) is 24.0 Å². The maximum Gasteiger partial charge on any atom is 0.276 e. The van der Waals surface area contributed by atoms with E-state index >= 15 is 0 Å². The standard InChI is InChI=1S/C19H17BrN2O2S/c1-2-22-18(23)17(21-19(22)25)11-13-5-9-16(10-6-13)24-12-14-3-7-15(20)8-4-14/h3-11H,2,12H2,1H3,(H,21,25)/b17-11+. The van der Waals surface area contributed by atoms with Gasteiger partial charge in [-0.3, -0.25) is 9.69 Å². The summed E-state index contributed by atoms with van der Waals surface area (Å²) in [6.45, 7) is 2.96. The normalized spacial score (nSPS) is 15.6. The van der Waals surface area contributed by atoms with Gasteiger partial charge in [-0.15, -0.1) is 0 Å². The first kappa shape index (κ1) is 17.6. The fourth-order valence-corrected chi connectivity index (χ4v) is 3.02. The van der Waals surface area contributed by atoms with Gasteiger partial charge in [-0.25, -0.2) is 0 Å². The highest BCUT2D eigenvalue weighted by Gasteiger charge is 2.28. The minimum absolute atomic E-state index is 0.0944. The molecule has 0 radical (unpaired) electrons. The topological polar surface area (TPSA) is 41.6 Å². The van der Waals surface area contributed by atoms with E-state index in [1.54, 1.807) is 6.08 Å². The predicted molar refractivity (Wildman–Crippen MR) is 106 cm³/mol. The Bertz CT molecular complexity index is 816. The minimum atomic E-state index is -0.0944. The Morgan fingerprint density at radius 2 is 1.84 bits per heavy atom. The van der Waals surface area contributed by atoms with E-state index in [4.69, 9.17) is 17.0 Å². The van der Waals surface area contributed by atoms with Gasteiger partial charge >= 0.3 is 0 Å². The van der Waals surface area contributed by atoms with Crippen LogP contribution < -0.4 is 10.1 Å². The summed E-state index contributed by atoms with van der Waals surface area (Å²) in [6, 6.07) is 15.6. The van der Waals surface area contributed by atoms with Crippen LogP contribution >= 0.6 is 28.1 Å². The highest BCUT2D eigenvalue weighted by molar-refractivity contribution is 9.10. The highest BCUT2D eigenvalue weighted by atomic mass is 79.9. The van der Waals surface area contributed by atoms with E-state index < -0.39 is 0 Å². The first-order valence-corrected chi connectivity index (χ1v) is 9.09. The number of thiocarbonyl (C=S) groups is 1. The number of carbonyl (C=O) groups is 1. The van der Waals surface area contributed by atoms with Gasteiger partial charge in [-0.1, -0.05) is 40.2 Å². The lowest BCUT2D eigenvalue weighted by Crippen LogP contribution is -2.30. The second-order valence-electron chi connectivity index (χ2n) is 5.52. The number of hydrogen-bond acceptors (Lipinski definition) is 3. The molecule has 1 saturated heterocycles. The summed E-state index contributed by atoms with van der Waals surface area (Å²) in [5.41, 5.74) is 2.51. The third-order valence-corrected chi connectivity index (χ3v) is 4.64. The van der Waals surface area contributed by atoms with Crippen LogP contribution in [0.2, 0.25) is 0 Å². The zero-order chi connectivity index (χ0) is 17.8. The summed E-state index contributed by atoms with van der Waals surface area (Å²) >= 11 is 8.56. The van der Waals surface area contributed by atoms with E-state index in [9.17, 15) is 4.79 Å². The Labute approximate surface area is 160 Å². The van der Waals surface area contributed by atoms with Crippen LogP contribution in [0.15, 0.2) is 58.7 Å². The lowest BCUT2D eigenvalue weighted by Gasteiger charge is -2.09. The van der Waals surface area contributed by atoms with Gasteiger partial charge in [0.05, 0.1) is 0 Å². The number of likely N-dealkylation sites (N-methyl/N-ethyl adjacent to an activating group) is 1. The quantitative estimate of drug-likeness (QED) is 0.588. The lowest BCUT2D eigenvalue weighted by atomic mass is 10.2. The summed E-state index contributed by atoms with van der Waals surface area (Å²) in [6.07, 6.45) is 1.79. The van der Waals surface area contributed by atoms with Crippen LogP contribution in [-0.4, -0.2) is 22.5 Å². The third-order valence-electron chi connectivity index (χ3n) is 3.79. The summed E-state index contributed by atoms with van der Waals surface area (Å²) in [5, 5.41) is 3.40. The van der Waals surface area contributed by atoms with Crippen molar-refractivity contribution in [2.24, 2.45) is 0 Å². The molecule has 2 aromatic rings. The molecule has 1 fully saturated rings. The molecule has 1 amide bonds. The van der Waals surface area contributed by atoms with Crippen molar-refractivity contribution in [2.45, 2.75) is 13.5 Å². The molecule has 0 bridgehead atoms. The number of nitrogens with zero attached hydrogens (tertiary/aromatic N) is 1. The summed E-state index contributed by atoms with van der Waals surface area (Å²) in [5.74, 6) is 0.685. The molecule has 1 aliphatic heterocycles. The molecule has 0 unspecified atom stereocenters. The smallest absolute Gasteiger partial charge is 0.276 e.